The largest absolute Gasteiger partial charge is 0.494 e. The molecule has 2 rings (SSSR count). The number of anilines is 1. The van der Waals surface area contributed by atoms with Gasteiger partial charge in [-0.25, -0.2) is 13.2 Å². The first-order valence-electron chi connectivity index (χ1n) is 9.57. The molecule has 0 aliphatic rings. The highest BCUT2D eigenvalue weighted by atomic mass is 32.2. The Morgan fingerprint density at radius 1 is 1.00 bits per heavy atom. The summed E-state index contributed by atoms with van der Waals surface area (Å²) in [5, 5.41) is 2.53. The van der Waals surface area contributed by atoms with Crippen molar-refractivity contribution >= 4 is 27.6 Å². The summed E-state index contributed by atoms with van der Waals surface area (Å²) < 4.78 is 48.0. The van der Waals surface area contributed by atoms with E-state index in [-0.39, 0.29) is 27.6 Å². The van der Waals surface area contributed by atoms with Gasteiger partial charge in [-0.2, -0.15) is 4.72 Å². The van der Waals surface area contributed by atoms with Crippen molar-refractivity contribution in [2.24, 2.45) is 0 Å². The van der Waals surface area contributed by atoms with Crippen LogP contribution in [0.25, 0.3) is 0 Å². The molecule has 0 aliphatic heterocycles. The number of esters is 1. The lowest BCUT2D eigenvalue weighted by molar-refractivity contribution is -0.117. The maximum absolute atomic E-state index is 12.7. The normalized spacial score (nSPS) is 11.9. The van der Waals surface area contributed by atoms with Crippen LogP contribution in [-0.2, 0) is 19.6 Å². The van der Waals surface area contributed by atoms with Gasteiger partial charge in [0, 0.05) is 12.1 Å². The second kappa shape index (κ2) is 10.8. The lowest BCUT2D eigenvalue weighted by atomic mass is 10.1. The summed E-state index contributed by atoms with van der Waals surface area (Å²) in [7, 11) is 0.00225. The molecular weight excluding hydrogens is 440 g/mol. The number of amides is 1. The van der Waals surface area contributed by atoms with Gasteiger partial charge in [-0.15, -0.1) is 0 Å². The minimum absolute atomic E-state index is 0.0140. The van der Waals surface area contributed by atoms with E-state index in [1.54, 1.807) is 0 Å². The summed E-state index contributed by atoms with van der Waals surface area (Å²) in [5.41, 5.74) is 0.0895. The van der Waals surface area contributed by atoms with E-state index >= 15 is 0 Å². The number of sulfonamides is 1. The first-order chi connectivity index (χ1) is 15.2. The van der Waals surface area contributed by atoms with E-state index in [0.29, 0.717) is 12.4 Å². The fraction of sp³-hybridized carbons (Fsp3) is 0.333. The third kappa shape index (κ3) is 5.89. The first-order valence-corrected chi connectivity index (χ1v) is 11.1. The Hall–Kier alpha value is -3.31. The number of carbonyl (C=O) groups excluding carboxylic acids is 2. The molecule has 0 heterocycles. The molecule has 2 aromatic rings. The SMILES string of the molecule is CCOc1ccc(S(=O)(=O)N[C@@H](C)C(=O)Nc2cc(OC)c(OC)cc2C(=O)OC)cc1. The van der Waals surface area contributed by atoms with Crippen LogP contribution in [0.15, 0.2) is 41.3 Å². The maximum Gasteiger partial charge on any atom is 0.340 e. The van der Waals surface area contributed by atoms with Gasteiger partial charge in [0.2, 0.25) is 15.9 Å². The van der Waals surface area contributed by atoms with Crippen LogP contribution in [0.4, 0.5) is 5.69 Å². The fourth-order valence-corrected chi connectivity index (χ4v) is 3.94. The van der Waals surface area contributed by atoms with E-state index in [1.807, 2.05) is 6.92 Å². The summed E-state index contributed by atoms with van der Waals surface area (Å²) in [4.78, 5) is 24.8. The van der Waals surface area contributed by atoms with Crippen LogP contribution < -0.4 is 24.2 Å². The van der Waals surface area contributed by atoms with Crippen molar-refractivity contribution in [3.63, 3.8) is 0 Å². The summed E-state index contributed by atoms with van der Waals surface area (Å²) >= 11 is 0. The lowest BCUT2D eigenvalue weighted by Gasteiger charge is -2.18. The molecule has 11 heteroatoms. The molecule has 0 aliphatic carbocycles. The number of methoxy groups -OCH3 is 3. The Kier molecular flexibility index (Phi) is 8.44. The monoisotopic (exact) mass is 466 g/mol. The minimum atomic E-state index is -3.99. The van der Waals surface area contributed by atoms with Gasteiger partial charge >= 0.3 is 5.97 Å². The number of benzene rings is 2. The molecular formula is C21H26N2O8S. The van der Waals surface area contributed by atoms with E-state index in [2.05, 4.69) is 10.0 Å². The van der Waals surface area contributed by atoms with Crippen LogP contribution in [0.2, 0.25) is 0 Å². The molecule has 10 nitrogen and oxygen atoms in total. The molecule has 174 valence electrons. The fourth-order valence-electron chi connectivity index (χ4n) is 2.74. The molecule has 0 aromatic heterocycles. The number of ether oxygens (including phenoxy) is 4. The van der Waals surface area contributed by atoms with Gasteiger partial charge < -0.3 is 24.3 Å². The van der Waals surface area contributed by atoms with Gasteiger partial charge in [-0.05, 0) is 38.1 Å². The Morgan fingerprint density at radius 3 is 2.12 bits per heavy atom. The van der Waals surface area contributed by atoms with Gasteiger partial charge in [0.25, 0.3) is 0 Å². The van der Waals surface area contributed by atoms with Crippen LogP contribution in [-0.4, -0.2) is 54.3 Å². The molecule has 1 atom stereocenters. The second-order valence-corrected chi connectivity index (χ2v) is 8.19. The van der Waals surface area contributed by atoms with Crippen molar-refractivity contribution in [1.82, 2.24) is 4.72 Å². The van der Waals surface area contributed by atoms with Crippen molar-refractivity contribution in [3.8, 4) is 17.2 Å². The van der Waals surface area contributed by atoms with Crippen molar-refractivity contribution in [3.05, 3.63) is 42.0 Å². The quantitative estimate of drug-likeness (QED) is 0.510. The highest BCUT2D eigenvalue weighted by Crippen LogP contribution is 2.33. The van der Waals surface area contributed by atoms with Gasteiger partial charge in [0.15, 0.2) is 11.5 Å². The predicted molar refractivity (Wildman–Crippen MR) is 117 cm³/mol. The molecule has 0 unspecified atom stereocenters. The van der Waals surface area contributed by atoms with E-state index in [0.717, 1.165) is 0 Å². The zero-order chi connectivity index (χ0) is 23.9. The summed E-state index contributed by atoms with van der Waals surface area (Å²) in [6.45, 7) is 3.64. The molecule has 2 aromatic carbocycles. The summed E-state index contributed by atoms with van der Waals surface area (Å²) in [5.74, 6) is -0.366. The highest BCUT2D eigenvalue weighted by molar-refractivity contribution is 7.89. The number of carbonyl (C=O) groups is 2. The number of rotatable bonds is 10. The van der Waals surface area contributed by atoms with Crippen LogP contribution in [0.3, 0.4) is 0 Å². The maximum atomic E-state index is 12.7. The molecule has 0 saturated heterocycles. The van der Waals surface area contributed by atoms with E-state index in [4.69, 9.17) is 18.9 Å². The van der Waals surface area contributed by atoms with Crippen LogP contribution in [0, 0.1) is 0 Å². The predicted octanol–water partition coefficient (Wildman–Crippen LogP) is 2.19. The molecule has 0 spiro atoms. The van der Waals surface area contributed by atoms with Crippen LogP contribution >= 0.6 is 0 Å². The molecule has 32 heavy (non-hydrogen) atoms. The first kappa shape index (κ1) is 25.0. The molecule has 0 radical (unpaired) electrons. The van der Waals surface area contributed by atoms with Gasteiger partial charge in [-0.3, -0.25) is 4.79 Å². The third-order valence-electron chi connectivity index (χ3n) is 4.36. The highest BCUT2D eigenvalue weighted by Gasteiger charge is 2.25. The molecule has 2 N–H and O–H groups in total. The average molecular weight is 467 g/mol. The van der Waals surface area contributed by atoms with E-state index in [1.165, 1.54) is 64.7 Å². The topological polar surface area (TPSA) is 129 Å². The zero-order valence-corrected chi connectivity index (χ0v) is 19.2. The molecule has 0 fully saturated rings. The number of nitrogens with one attached hydrogen (secondary N) is 2. The van der Waals surface area contributed by atoms with Gasteiger partial charge in [0.1, 0.15) is 5.75 Å². The lowest BCUT2D eigenvalue weighted by Crippen LogP contribution is -2.41. The zero-order valence-electron chi connectivity index (χ0n) is 18.4. The van der Waals surface area contributed by atoms with Crippen molar-refractivity contribution < 1.29 is 37.0 Å². The van der Waals surface area contributed by atoms with Crippen LogP contribution in [0.5, 0.6) is 17.2 Å². The van der Waals surface area contributed by atoms with Crippen molar-refractivity contribution in [1.29, 1.82) is 0 Å². The Balaban J connectivity index is 2.23. The smallest absolute Gasteiger partial charge is 0.340 e. The second-order valence-electron chi connectivity index (χ2n) is 6.48. The Labute approximate surface area is 186 Å². The molecule has 0 bridgehead atoms. The number of hydrogen-bond donors (Lipinski definition) is 2. The molecule has 1 amide bonds. The van der Waals surface area contributed by atoms with Gasteiger partial charge in [0.05, 0.1) is 50.1 Å². The number of hydrogen-bond acceptors (Lipinski definition) is 8. The average Bonchev–Trinajstić information content (AvgIpc) is 2.78. The van der Waals surface area contributed by atoms with Gasteiger partial charge in [-0.1, -0.05) is 0 Å². The molecule has 0 saturated carbocycles. The summed E-state index contributed by atoms with van der Waals surface area (Å²) in [6, 6.07) is 7.38. The van der Waals surface area contributed by atoms with Crippen molar-refractivity contribution in [2.75, 3.05) is 33.3 Å². The van der Waals surface area contributed by atoms with E-state index in [9.17, 15) is 18.0 Å². The standard InChI is InChI=1S/C21H26N2O8S/c1-6-31-14-7-9-15(10-8-14)32(26,27)23-13(2)20(24)22-17-12-19(29-4)18(28-3)11-16(17)21(25)30-5/h7-13,23H,6H2,1-5H3,(H,22,24)/t13-/m0/s1. The minimum Gasteiger partial charge on any atom is -0.494 e. The Bertz CT molecular complexity index is 1070. The summed E-state index contributed by atoms with van der Waals surface area (Å²) in [6.07, 6.45) is 0. The van der Waals surface area contributed by atoms with E-state index < -0.39 is 27.9 Å². The van der Waals surface area contributed by atoms with Crippen molar-refractivity contribution in [2.45, 2.75) is 24.8 Å². The Morgan fingerprint density at radius 2 is 1.59 bits per heavy atom. The third-order valence-corrected chi connectivity index (χ3v) is 5.91. The van der Waals surface area contributed by atoms with Crippen LogP contribution in [0.1, 0.15) is 24.2 Å².